The van der Waals surface area contributed by atoms with Gasteiger partial charge < -0.3 is 4.42 Å². The van der Waals surface area contributed by atoms with Crippen LogP contribution in [0.2, 0.25) is 0 Å². The van der Waals surface area contributed by atoms with Gasteiger partial charge in [0.05, 0.1) is 0 Å². The molecule has 2 aliphatic carbocycles. The molecule has 48 heavy (non-hydrogen) atoms. The van der Waals surface area contributed by atoms with E-state index in [0.717, 1.165) is 24.0 Å². The predicted molar refractivity (Wildman–Crippen MR) is 206 cm³/mol. The normalized spacial score (nSPS) is 14.8. The van der Waals surface area contributed by atoms with Crippen molar-refractivity contribution in [2.45, 2.75) is 58.8 Å². The van der Waals surface area contributed by atoms with Gasteiger partial charge in [0.25, 0.3) is 0 Å². The summed E-state index contributed by atoms with van der Waals surface area (Å²) in [6.45, 7) is 11.6. The lowest BCUT2D eigenvalue weighted by molar-refractivity contribution is 0.660. The second-order valence-corrected chi connectivity index (χ2v) is 14.4. The third kappa shape index (κ3) is 4.03. The highest BCUT2D eigenvalue weighted by molar-refractivity contribution is 6.18. The van der Waals surface area contributed by atoms with Crippen LogP contribution in [0.15, 0.2) is 114 Å². The number of para-hydroxylation sites is 1. The molecule has 0 bridgehead atoms. The Hall–Kier alpha value is -5.14. The van der Waals surface area contributed by atoms with E-state index in [0.29, 0.717) is 5.92 Å². The first-order chi connectivity index (χ1) is 23.4. The molecule has 1 nitrogen and oxygen atoms in total. The average molecular weight is 621 g/mol. The molecule has 234 valence electrons. The molecule has 0 fully saturated rings. The number of hydrogen-bond donors (Lipinski definition) is 0. The zero-order valence-corrected chi connectivity index (χ0v) is 28.4. The first-order valence-electron chi connectivity index (χ1n) is 17.5. The van der Waals surface area contributed by atoms with E-state index in [1.54, 1.807) is 0 Å². The van der Waals surface area contributed by atoms with Crippen molar-refractivity contribution in [2.24, 2.45) is 0 Å². The van der Waals surface area contributed by atoms with Crippen LogP contribution in [0.5, 0.6) is 0 Å². The molecule has 0 N–H and O–H groups in total. The summed E-state index contributed by atoms with van der Waals surface area (Å²) in [6.07, 6.45) is 11.3. The quantitative estimate of drug-likeness (QED) is 0.191. The number of fused-ring (bicyclic) bond motifs is 8. The van der Waals surface area contributed by atoms with E-state index in [1.165, 1.54) is 88.3 Å². The number of hydrogen-bond acceptors (Lipinski definition) is 1. The number of allylic oxidation sites excluding steroid dienone is 2. The average Bonchev–Trinajstić information content (AvgIpc) is 3.59. The standard InChI is InChI=1S/C47H40O/c1-6-14-31-30(28(2)3)25-26-39-45(31)36-24-23-29(27-40(36)47(39,4)5)43-32-15-7-9-17-34(32)44(35-18-10-8-16-33(35)43)38-20-13-22-42-46(38)37-19-11-12-21-41(37)48-42/h6-7,9-15,17-28H,8,16H2,1-5H3/b14-6-. The van der Waals surface area contributed by atoms with E-state index in [-0.39, 0.29) is 5.41 Å². The maximum Gasteiger partial charge on any atom is 0.136 e. The largest absolute Gasteiger partial charge is 0.456 e. The van der Waals surface area contributed by atoms with Gasteiger partial charge >= 0.3 is 0 Å². The van der Waals surface area contributed by atoms with Gasteiger partial charge in [0.1, 0.15) is 11.2 Å². The fraction of sp³-hybridized carbons (Fsp3) is 0.191. The van der Waals surface area contributed by atoms with Crippen LogP contribution in [0.4, 0.5) is 0 Å². The van der Waals surface area contributed by atoms with E-state index >= 15 is 0 Å². The van der Waals surface area contributed by atoms with Gasteiger partial charge in [-0.2, -0.15) is 0 Å². The second kappa shape index (κ2) is 10.7. The molecular formula is C47H40O. The number of furan rings is 1. The summed E-state index contributed by atoms with van der Waals surface area (Å²) in [5.41, 5.74) is 18.2. The van der Waals surface area contributed by atoms with Crippen LogP contribution in [-0.2, 0) is 11.8 Å². The predicted octanol–water partition coefficient (Wildman–Crippen LogP) is 13.5. The van der Waals surface area contributed by atoms with Crippen LogP contribution in [0, 0.1) is 0 Å². The molecule has 7 aromatic rings. The fourth-order valence-electron chi connectivity index (χ4n) is 8.86. The molecular weight excluding hydrogens is 581 g/mol. The highest BCUT2D eigenvalue weighted by Crippen LogP contribution is 2.54. The van der Waals surface area contributed by atoms with Crippen molar-refractivity contribution in [1.82, 2.24) is 0 Å². The Morgan fingerprint density at radius 1 is 0.708 bits per heavy atom. The highest BCUT2D eigenvalue weighted by atomic mass is 16.3. The molecule has 0 saturated carbocycles. The fourth-order valence-corrected chi connectivity index (χ4v) is 8.86. The summed E-state index contributed by atoms with van der Waals surface area (Å²) in [6, 6.07) is 36.1. The minimum atomic E-state index is -0.0970. The summed E-state index contributed by atoms with van der Waals surface area (Å²) in [5.74, 6) is 0.461. The lowest BCUT2D eigenvalue weighted by Crippen LogP contribution is -2.15. The first kappa shape index (κ1) is 29.0. The number of benzene rings is 6. The van der Waals surface area contributed by atoms with Crippen LogP contribution < -0.4 is 0 Å². The molecule has 1 heterocycles. The van der Waals surface area contributed by atoms with E-state index < -0.39 is 0 Å². The molecule has 0 saturated heterocycles. The summed E-state index contributed by atoms with van der Waals surface area (Å²) < 4.78 is 6.37. The van der Waals surface area contributed by atoms with E-state index in [9.17, 15) is 0 Å². The summed E-state index contributed by atoms with van der Waals surface area (Å²) in [4.78, 5) is 0. The maximum absolute atomic E-state index is 6.37. The van der Waals surface area contributed by atoms with Gasteiger partial charge in [-0.1, -0.05) is 131 Å². The van der Waals surface area contributed by atoms with Gasteiger partial charge in [0.2, 0.25) is 0 Å². The van der Waals surface area contributed by atoms with Crippen molar-refractivity contribution in [3.63, 3.8) is 0 Å². The van der Waals surface area contributed by atoms with Crippen molar-refractivity contribution in [3.05, 3.63) is 143 Å². The maximum atomic E-state index is 6.37. The van der Waals surface area contributed by atoms with Crippen molar-refractivity contribution in [2.75, 3.05) is 0 Å². The monoisotopic (exact) mass is 620 g/mol. The Morgan fingerprint density at radius 2 is 1.46 bits per heavy atom. The van der Waals surface area contributed by atoms with Crippen molar-refractivity contribution >= 4 is 44.9 Å². The Kier molecular flexibility index (Phi) is 6.47. The van der Waals surface area contributed by atoms with Crippen molar-refractivity contribution in [1.29, 1.82) is 0 Å². The van der Waals surface area contributed by atoms with Crippen LogP contribution in [0.25, 0.3) is 78.2 Å². The van der Waals surface area contributed by atoms with Gasteiger partial charge in [-0.3, -0.25) is 0 Å². The lowest BCUT2D eigenvalue weighted by atomic mass is 9.77. The molecule has 0 radical (unpaired) electrons. The van der Waals surface area contributed by atoms with Gasteiger partial charge in [-0.15, -0.1) is 0 Å². The van der Waals surface area contributed by atoms with Crippen LogP contribution in [0.3, 0.4) is 0 Å². The molecule has 0 spiro atoms. The Morgan fingerprint density at radius 3 is 2.25 bits per heavy atom. The zero-order chi connectivity index (χ0) is 32.7. The first-order valence-corrected chi connectivity index (χ1v) is 17.5. The van der Waals surface area contributed by atoms with Crippen molar-refractivity contribution < 1.29 is 4.42 Å². The van der Waals surface area contributed by atoms with Gasteiger partial charge in [0, 0.05) is 16.2 Å². The molecule has 9 rings (SSSR count). The van der Waals surface area contributed by atoms with Crippen molar-refractivity contribution in [3.8, 4) is 33.4 Å². The molecule has 0 aliphatic heterocycles. The summed E-state index contributed by atoms with van der Waals surface area (Å²) in [5, 5.41) is 4.97. The third-order valence-electron chi connectivity index (χ3n) is 11.0. The summed E-state index contributed by atoms with van der Waals surface area (Å²) >= 11 is 0. The van der Waals surface area contributed by atoms with Crippen LogP contribution >= 0.6 is 0 Å². The van der Waals surface area contributed by atoms with Crippen LogP contribution in [0.1, 0.15) is 80.3 Å². The zero-order valence-electron chi connectivity index (χ0n) is 28.4. The molecule has 1 aromatic heterocycles. The van der Waals surface area contributed by atoms with E-state index in [1.807, 2.05) is 0 Å². The third-order valence-corrected chi connectivity index (χ3v) is 11.0. The molecule has 6 aromatic carbocycles. The summed E-state index contributed by atoms with van der Waals surface area (Å²) in [7, 11) is 0. The minimum Gasteiger partial charge on any atom is -0.456 e. The highest BCUT2D eigenvalue weighted by Gasteiger charge is 2.38. The minimum absolute atomic E-state index is 0.0970. The Balaban J connectivity index is 1.33. The second-order valence-electron chi connectivity index (χ2n) is 14.4. The molecule has 1 heteroatoms. The lowest BCUT2D eigenvalue weighted by Gasteiger charge is -2.26. The SMILES string of the molecule is C/C=C\c1c(C(C)C)ccc2c1-c1ccc(-c3c4c(c(-c5cccc6oc7ccccc7c56)c5ccccc35)C=CCC4)cc1C2(C)C. The molecule has 0 amide bonds. The molecule has 0 unspecified atom stereocenters. The number of rotatable bonds is 4. The topological polar surface area (TPSA) is 13.1 Å². The van der Waals surface area contributed by atoms with Gasteiger partial charge in [-0.25, -0.2) is 0 Å². The molecule has 0 atom stereocenters. The Bertz CT molecular complexity index is 2510. The van der Waals surface area contributed by atoms with E-state index in [4.69, 9.17) is 4.42 Å². The smallest absolute Gasteiger partial charge is 0.136 e. The Labute approximate surface area is 283 Å². The molecule has 2 aliphatic rings. The van der Waals surface area contributed by atoms with E-state index in [2.05, 4.69) is 156 Å². The van der Waals surface area contributed by atoms with Gasteiger partial charge in [-0.05, 0) is 121 Å². The van der Waals surface area contributed by atoms with Crippen LogP contribution in [-0.4, -0.2) is 0 Å². The van der Waals surface area contributed by atoms with Gasteiger partial charge in [0.15, 0.2) is 0 Å².